The predicted molar refractivity (Wildman–Crippen MR) is 117 cm³/mol. The number of ether oxygens (including phenoxy) is 1. The number of rotatable bonds is 7. The Balaban J connectivity index is 0.00000280. The van der Waals surface area contributed by atoms with Gasteiger partial charge in [-0.1, -0.05) is 42.5 Å². The zero-order valence-electron chi connectivity index (χ0n) is 16.8. The van der Waals surface area contributed by atoms with Crippen LogP contribution in [0.3, 0.4) is 0 Å². The second-order valence-corrected chi connectivity index (χ2v) is 7.34. The summed E-state index contributed by atoms with van der Waals surface area (Å²) in [7, 11) is 1.58. The van der Waals surface area contributed by atoms with Crippen LogP contribution in [0.15, 0.2) is 54.6 Å². The van der Waals surface area contributed by atoms with Crippen LogP contribution in [0.5, 0.6) is 0 Å². The molecule has 1 heterocycles. The van der Waals surface area contributed by atoms with Crippen molar-refractivity contribution in [3.8, 4) is 0 Å². The minimum absolute atomic E-state index is 0. The molecule has 4 nitrogen and oxygen atoms in total. The van der Waals surface area contributed by atoms with Crippen LogP contribution >= 0.6 is 12.4 Å². The molecule has 0 radical (unpaired) electrons. The van der Waals surface area contributed by atoms with Crippen molar-refractivity contribution in [1.29, 1.82) is 0 Å². The first-order chi connectivity index (χ1) is 13.2. The molecular formula is C23H31ClN2O2. The molecule has 2 aromatic carbocycles. The van der Waals surface area contributed by atoms with Crippen molar-refractivity contribution in [1.82, 2.24) is 4.90 Å². The smallest absolute Gasteiger partial charge is 0.253 e. The molecule has 0 saturated carbocycles. The molecule has 5 heteroatoms. The Morgan fingerprint density at radius 1 is 1.11 bits per heavy atom. The van der Waals surface area contributed by atoms with E-state index < -0.39 is 0 Å². The van der Waals surface area contributed by atoms with E-state index in [9.17, 15) is 4.79 Å². The van der Waals surface area contributed by atoms with Crippen LogP contribution in [0.4, 0.5) is 5.69 Å². The fourth-order valence-electron chi connectivity index (χ4n) is 3.86. The molecule has 0 N–H and O–H groups in total. The number of carbonyl (C=O) groups excluding carboxylic acids is 1. The molecule has 0 bridgehead atoms. The summed E-state index contributed by atoms with van der Waals surface area (Å²) in [6.07, 6.45) is 3.08. The maximum Gasteiger partial charge on any atom is 0.253 e. The molecule has 0 aromatic heterocycles. The van der Waals surface area contributed by atoms with E-state index in [2.05, 4.69) is 54.3 Å². The standard InChI is InChI=1S/C23H30N2O2.ClH/c1-19-7-6-10-22(17-19)25(23(26)18-27-2)21-12-15-24(16-13-21)14-11-20-8-4-3-5-9-20;/h3-10,17,21H,11-16,18H2,1-2H3;1H. The molecule has 152 valence electrons. The Kier molecular flexibility index (Phi) is 8.97. The fraction of sp³-hybridized carbons (Fsp3) is 0.435. The molecule has 0 atom stereocenters. The van der Waals surface area contributed by atoms with E-state index in [1.807, 2.05) is 17.0 Å². The third-order valence-corrected chi connectivity index (χ3v) is 5.30. The van der Waals surface area contributed by atoms with Crippen LogP contribution in [-0.2, 0) is 16.0 Å². The van der Waals surface area contributed by atoms with Gasteiger partial charge < -0.3 is 14.5 Å². The first-order valence-corrected chi connectivity index (χ1v) is 9.81. The number of amides is 1. The number of benzene rings is 2. The van der Waals surface area contributed by atoms with Gasteiger partial charge in [0.15, 0.2) is 0 Å². The second-order valence-electron chi connectivity index (χ2n) is 7.34. The summed E-state index contributed by atoms with van der Waals surface area (Å²) in [5.74, 6) is 0.0471. The zero-order chi connectivity index (χ0) is 19.1. The summed E-state index contributed by atoms with van der Waals surface area (Å²) in [6, 6.07) is 19.1. The van der Waals surface area contributed by atoms with Gasteiger partial charge in [0.25, 0.3) is 5.91 Å². The van der Waals surface area contributed by atoms with Gasteiger partial charge in [-0.3, -0.25) is 4.79 Å². The number of aryl methyl sites for hydroxylation is 1. The molecule has 1 aliphatic rings. The van der Waals surface area contributed by atoms with Crippen molar-refractivity contribution in [2.45, 2.75) is 32.2 Å². The highest BCUT2D eigenvalue weighted by molar-refractivity contribution is 5.95. The number of methoxy groups -OCH3 is 1. The number of halogens is 1. The first kappa shape index (κ1) is 22.4. The summed E-state index contributed by atoms with van der Waals surface area (Å²) in [6.45, 7) is 5.32. The normalized spacial score (nSPS) is 15.1. The topological polar surface area (TPSA) is 32.8 Å². The lowest BCUT2D eigenvalue weighted by atomic mass is 10.0. The van der Waals surface area contributed by atoms with Crippen LogP contribution in [0.25, 0.3) is 0 Å². The maximum absolute atomic E-state index is 12.7. The van der Waals surface area contributed by atoms with Crippen LogP contribution in [0.1, 0.15) is 24.0 Å². The van der Waals surface area contributed by atoms with Gasteiger partial charge in [0.1, 0.15) is 6.61 Å². The molecule has 0 aliphatic carbocycles. The minimum Gasteiger partial charge on any atom is -0.375 e. The summed E-state index contributed by atoms with van der Waals surface area (Å²) < 4.78 is 5.13. The molecule has 0 spiro atoms. The van der Waals surface area contributed by atoms with E-state index in [0.29, 0.717) is 0 Å². The first-order valence-electron chi connectivity index (χ1n) is 9.81. The number of likely N-dealkylation sites (tertiary alicyclic amines) is 1. The van der Waals surface area contributed by atoms with E-state index in [1.54, 1.807) is 7.11 Å². The van der Waals surface area contributed by atoms with Gasteiger partial charge >= 0.3 is 0 Å². The van der Waals surface area contributed by atoms with Crippen molar-refractivity contribution >= 4 is 24.0 Å². The molecule has 28 heavy (non-hydrogen) atoms. The van der Waals surface area contributed by atoms with Crippen LogP contribution in [-0.4, -0.2) is 50.2 Å². The number of nitrogens with zero attached hydrogens (tertiary/aromatic N) is 2. The summed E-state index contributed by atoms with van der Waals surface area (Å²) in [5.41, 5.74) is 3.54. The highest BCUT2D eigenvalue weighted by atomic mass is 35.5. The summed E-state index contributed by atoms with van der Waals surface area (Å²) in [4.78, 5) is 17.2. The number of carbonyl (C=O) groups is 1. The Morgan fingerprint density at radius 2 is 1.82 bits per heavy atom. The van der Waals surface area contributed by atoms with Gasteiger partial charge in [-0.2, -0.15) is 0 Å². The lowest BCUT2D eigenvalue weighted by Crippen LogP contribution is -2.49. The number of piperidine rings is 1. The molecule has 1 saturated heterocycles. The third-order valence-electron chi connectivity index (χ3n) is 5.30. The summed E-state index contributed by atoms with van der Waals surface area (Å²) >= 11 is 0. The Hall–Kier alpha value is -1.88. The van der Waals surface area contributed by atoms with Gasteiger partial charge in [-0.25, -0.2) is 0 Å². The average Bonchev–Trinajstić information content (AvgIpc) is 2.69. The number of hydrogen-bond donors (Lipinski definition) is 0. The highest BCUT2D eigenvalue weighted by Gasteiger charge is 2.29. The van der Waals surface area contributed by atoms with Crippen molar-refractivity contribution in [2.24, 2.45) is 0 Å². The van der Waals surface area contributed by atoms with Crippen molar-refractivity contribution < 1.29 is 9.53 Å². The Labute approximate surface area is 174 Å². The predicted octanol–water partition coefficient (Wildman–Crippen LogP) is 4.10. The van der Waals surface area contributed by atoms with E-state index >= 15 is 0 Å². The van der Waals surface area contributed by atoms with Crippen molar-refractivity contribution in [3.05, 3.63) is 65.7 Å². The Morgan fingerprint density at radius 3 is 2.46 bits per heavy atom. The molecule has 0 unspecified atom stereocenters. The average molecular weight is 403 g/mol. The van der Waals surface area contributed by atoms with E-state index in [1.165, 1.54) is 11.1 Å². The quantitative estimate of drug-likeness (QED) is 0.698. The molecule has 1 amide bonds. The lowest BCUT2D eigenvalue weighted by Gasteiger charge is -2.38. The molecule has 3 rings (SSSR count). The largest absolute Gasteiger partial charge is 0.375 e. The molecule has 1 aliphatic heterocycles. The molecule has 1 fully saturated rings. The lowest BCUT2D eigenvalue weighted by molar-refractivity contribution is -0.122. The highest BCUT2D eigenvalue weighted by Crippen LogP contribution is 2.25. The summed E-state index contributed by atoms with van der Waals surface area (Å²) in [5, 5.41) is 0. The minimum atomic E-state index is 0. The van der Waals surface area contributed by atoms with Gasteiger partial charge in [0, 0.05) is 38.5 Å². The van der Waals surface area contributed by atoms with Gasteiger partial charge in [0.2, 0.25) is 0 Å². The number of anilines is 1. The molecule has 2 aromatic rings. The monoisotopic (exact) mass is 402 g/mol. The van der Waals surface area contributed by atoms with Gasteiger partial charge in [-0.15, -0.1) is 12.4 Å². The van der Waals surface area contributed by atoms with Crippen molar-refractivity contribution in [2.75, 3.05) is 38.3 Å². The van der Waals surface area contributed by atoms with Gasteiger partial charge in [-0.05, 0) is 49.4 Å². The number of hydrogen-bond acceptors (Lipinski definition) is 3. The second kappa shape index (κ2) is 11.2. The SMILES string of the molecule is COCC(=O)N(c1cccc(C)c1)C1CCN(CCc2ccccc2)CC1.Cl. The van der Waals surface area contributed by atoms with Gasteiger partial charge in [0.05, 0.1) is 0 Å². The van der Waals surface area contributed by atoms with Crippen LogP contribution in [0, 0.1) is 6.92 Å². The van der Waals surface area contributed by atoms with E-state index in [4.69, 9.17) is 4.74 Å². The van der Waals surface area contributed by atoms with Crippen LogP contribution in [0.2, 0.25) is 0 Å². The third kappa shape index (κ3) is 6.06. The maximum atomic E-state index is 12.7. The van der Waals surface area contributed by atoms with E-state index in [-0.39, 0.29) is 31.0 Å². The van der Waals surface area contributed by atoms with E-state index in [0.717, 1.165) is 44.6 Å². The van der Waals surface area contributed by atoms with Crippen molar-refractivity contribution in [3.63, 3.8) is 0 Å². The van der Waals surface area contributed by atoms with Crippen LogP contribution < -0.4 is 4.90 Å². The fourth-order valence-corrected chi connectivity index (χ4v) is 3.86. The Bertz CT molecular complexity index is 730. The molecular weight excluding hydrogens is 372 g/mol. The zero-order valence-corrected chi connectivity index (χ0v) is 17.7.